The molecule has 1 unspecified atom stereocenters. The Morgan fingerprint density at radius 1 is 1.10 bits per heavy atom. The van der Waals surface area contributed by atoms with E-state index in [4.69, 9.17) is 5.73 Å². The number of benzene rings is 2. The van der Waals surface area contributed by atoms with Crippen LogP contribution in [0.25, 0.3) is 0 Å². The van der Waals surface area contributed by atoms with Crippen LogP contribution in [-0.2, 0) is 0 Å². The molecule has 0 amide bonds. The maximum atomic E-state index is 13.0. The van der Waals surface area contributed by atoms with E-state index >= 15 is 0 Å². The highest BCUT2D eigenvalue weighted by Crippen LogP contribution is 2.26. The summed E-state index contributed by atoms with van der Waals surface area (Å²) < 4.78 is 13.0. The first-order valence-electron chi connectivity index (χ1n) is 6.48. The van der Waals surface area contributed by atoms with Crippen molar-refractivity contribution in [1.82, 2.24) is 0 Å². The third-order valence-corrected chi connectivity index (χ3v) is 4.17. The number of hydrogen-bond acceptors (Lipinski definition) is 3. The van der Waals surface area contributed by atoms with Crippen LogP contribution in [0.15, 0.2) is 53.4 Å². The van der Waals surface area contributed by atoms with Crippen molar-refractivity contribution in [3.63, 3.8) is 0 Å². The van der Waals surface area contributed by atoms with E-state index < -0.39 is 0 Å². The summed E-state index contributed by atoms with van der Waals surface area (Å²) in [5.41, 5.74) is 8.04. The highest BCUT2D eigenvalue weighted by molar-refractivity contribution is 7.98. The maximum Gasteiger partial charge on any atom is 0.123 e. The molecule has 0 bridgehead atoms. The van der Waals surface area contributed by atoms with E-state index in [1.54, 1.807) is 23.9 Å². The number of hydrogen-bond donors (Lipinski definition) is 1. The molecule has 1 atom stereocenters. The van der Waals surface area contributed by atoms with Crippen molar-refractivity contribution in [2.45, 2.75) is 10.9 Å². The van der Waals surface area contributed by atoms with Crippen molar-refractivity contribution in [3.05, 3.63) is 59.9 Å². The first kappa shape index (κ1) is 14.9. The molecule has 0 heterocycles. The van der Waals surface area contributed by atoms with Crippen LogP contribution in [0.3, 0.4) is 0 Å². The van der Waals surface area contributed by atoms with Gasteiger partial charge in [-0.15, -0.1) is 11.8 Å². The highest BCUT2D eigenvalue weighted by Gasteiger charge is 2.16. The van der Waals surface area contributed by atoms with Crippen molar-refractivity contribution >= 4 is 17.4 Å². The van der Waals surface area contributed by atoms with Gasteiger partial charge in [0, 0.05) is 24.2 Å². The number of nitrogens with two attached hydrogens (primary N) is 1. The average Bonchev–Trinajstić information content (AvgIpc) is 2.49. The number of halogens is 1. The molecule has 0 saturated carbocycles. The van der Waals surface area contributed by atoms with Crippen molar-refractivity contribution < 1.29 is 4.39 Å². The fraction of sp³-hybridized carbons (Fsp3) is 0.250. The van der Waals surface area contributed by atoms with Crippen molar-refractivity contribution in [2.75, 3.05) is 24.7 Å². The number of likely N-dealkylation sites (N-methyl/N-ethyl adjacent to an activating group) is 1. The Kier molecular flexibility index (Phi) is 5.04. The van der Waals surface area contributed by atoms with Gasteiger partial charge in [-0.3, -0.25) is 0 Å². The Morgan fingerprint density at radius 2 is 1.70 bits per heavy atom. The number of rotatable bonds is 5. The van der Waals surface area contributed by atoms with Crippen LogP contribution in [0.2, 0.25) is 0 Å². The molecule has 0 aromatic heterocycles. The molecule has 2 aromatic rings. The van der Waals surface area contributed by atoms with Gasteiger partial charge >= 0.3 is 0 Å². The molecule has 0 spiro atoms. The molecule has 2 aromatic carbocycles. The van der Waals surface area contributed by atoms with Crippen molar-refractivity contribution in [3.8, 4) is 0 Å². The summed E-state index contributed by atoms with van der Waals surface area (Å²) in [7, 11) is 1.98. The zero-order chi connectivity index (χ0) is 14.5. The molecule has 0 saturated heterocycles. The Morgan fingerprint density at radius 3 is 2.20 bits per heavy atom. The average molecular weight is 290 g/mol. The van der Waals surface area contributed by atoms with E-state index in [0.717, 1.165) is 11.3 Å². The van der Waals surface area contributed by atoms with E-state index in [2.05, 4.69) is 35.4 Å². The first-order valence-corrected chi connectivity index (χ1v) is 7.70. The summed E-state index contributed by atoms with van der Waals surface area (Å²) in [6, 6.07) is 15.0. The predicted molar refractivity (Wildman–Crippen MR) is 84.8 cm³/mol. The highest BCUT2D eigenvalue weighted by atomic mass is 32.2. The van der Waals surface area contributed by atoms with Crippen molar-refractivity contribution in [2.24, 2.45) is 5.73 Å². The van der Waals surface area contributed by atoms with Crippen LogP contribution < -0.4 is 10.6 Å². The molecule has 0 fully saturated rings. The largest absolute Gasteiger partial charge is 0.366 e. The van der Waals surface area contributed by atoms with Gasteiger partial charge in [-0.05, 0) is 48.2 Å². The zero-order valence-electron chi connectivity index (χ0n) is 11.7. The summed E-state index contributed by atoms with van der Waals surface area (Å²) in [6.45, 7) is 0.506. The van der Waals surface area contributed by atoms with E-state index in [9.17, 15) is 4.39 Å². The van der Waals surface area contributed by atoms with Crippen LogP contribution in [0, 0.1) is 5.82 Å². The number of nitrogens with zero attached hydrogens (tertiary/aromatic N) is 1. The molecule has 4 heteroatoms. The Labute approximate surface area is 123 Å². The smallest absolute Gasteiger partial charge is 0.123 e. The molecule has 106 valence electrons. The summed E-state index contributed by atoms with van der Waals surface area (Å²) in [5, 5.41) is 0. The van der Waals surface area contributed by atoms with Crippen LogP contribution >= 0.6 is 11.8 Å². The lowest BCUT2D eigenvalue weighted by molar-refractivity contribution is 0.626. The Bertz CT molecular complexity index is 539. The van der Waals surface area contributed by atoms with Gasteiger partial charge in [0.15, 0.2) is 0 Å². The zero-order valence-corrected chi connectivity index (χ0v) is 12.5. The molecular formula is C16H19FN2S. The second-order valence-corrected chi connectivity index (χ2v) is 5.49. The Balaban J connectivity index is 2.23. The third-order valence-electron chi connectivity index (χ3n) is 3.43. The minimum Gasteiger partial charge on any atom is -0.366 e. The molecule has 2 N–H and O–H groups in total. The second kappa shape index (κ2) is 6.77. The minimum absolute atomic E-state index is 0.0800. The summed E-state index contributed by atoms with van der Waals surface area (Å²) in [5.74, 6) is -0.226. The fourth-order valence-corrected chi connectivity index (χ4v) is 2.61. The van der Waals surface area contributed by atoms with E-state index in [0.29, 0.717) is 6.54 Å². The molecule has 0 aliphatic rings. The fourth-order valence-electron chi connectivity index (χ4n) is 2.20. The normalized spacial score (nSPS) is 12.2. The van der Waals surface area contributed by atoms with Gasteiger partial charge in [0.25, 0.3) is 0 Å². The molecule has 2 nitrogen and oxygen atoms in total. The SMILES string of the molecule is CSc1ccc(C(CN)N(C)c2ccc(F)cc2)cc1. The van der Waals surface area contributed by atoms with Crippen molar-refractivity contribution in [1.29, 1.82) is 0 Å². The summed E-state index contributed by atoms with van der Waals surface area (Å²) in [4.78, 5) is 3.31. The van der Waals surface area contributed by atoms with Crippen LogP contribution in [0.1, 0.15) is 11.6 Å². The van der Waals surface area contributed by atoms with E-state index in [1.165, 1.54) is 17.0 Å². The molecule has 2 rings (SSSR count). The molecule has 0 aliphatic heterocycles. The van der Waals surface area contributed by atoms with Gasteiger partial charge in [-0.2, -0.15) is 0 Å². The van der Waals surface area contributed by atoms with E-state index in [-0.39, 0.29) is 11.9 Å². The lowest BCUT2D eigenvalue weighted by Crippen LogP contribution is -2.30. The van der Waals surface area contributed by atoms with Crippen LogP contribution in [-0.4, -0.2) is 19.8 Å². The molecule has 20 heavy (non-hydrogen) atoms. The van der Waals surface area contributed by atoms with Gasteiger partial charge in [0.1, 0.15) is 5.82 Å². The monoisotopic (exact) mass is 290 g/mol. The summed E-state index contributed by atoms with van der Waals surface area (Å²) in [6.07, 6.45) is 2.06. The molecule has 0 aliphatic carbocycles. The second-order valence-electron chi connectivity index (χ2n) is 4.61. The standard InChI is InChI=1S/C16H19FN2S/c1-19(14-7-5-13(17)6-8-14)16(11-18)12-3-9-15(20-2)10-4-12/h3-10,16H,11,18H2,1-2H3. The van der Waals surface area contributed by atoms with Gasteiger partial charge in [0.05, 0.1) is 6.04 Å². The lowest BCUT2D eigenvalue weighted by Gasteiger charge is -2.29. The molecular weight excluding hydrogens is 271 g/mol. The van der Waals surface area contributed by atoms with Crippen LogP contribution in [0.5, 0.6) is 0 Å². The summed E-state index contributed by atoms with van der Waals surface area (Å²) >= 11 is 1.72. The number of anilines is 1. The third kappa shape index (κ3) is 3.32. The molecule has 0 radical (unpaired) electrons. The Hall–Kier alpha value is -1.52. The van der Waals surface area contributed by atoms with Crippen LogP contribution in [0.4, 0.5) is 10.1 Å². The minimum atomic E-state index is -0.226. The quantitative estimate of drug-likeness (QED) is 0.852. The van der Waals surface area contributed by atoms with Gasteiger partial charge in [-0.1, -0.05) is 12.1 Å². The maximum absolute atomic E-state index is 13.0. The predicted octanol–water partition coefficient (Wildman–Crippen LogP) is 3.68. The lowest BCUT2D eigenvalue weighted by atomic mass is 10.1. The van der Waals surface area contributed by atoms with Gasteiger partial charge in [0.2, 0.25) is 0 Å². The first-order chi connectivity index (χ1) is 9.65. The van der Waals surface area contributed by atoms with Gasteiger partial charge in [-0.25, -0.2) is 4.39 Å². The van der Waals surface area contributed by atoms with E-state index in [1.807, 2.05) is 7.05 Å². The topological polar surface area (TPSA) is 29.3 Å². The number of thioether (sulfide) groups is 1. The van der Waals surface area contributed by atoms with Gasteiger partial charge < -0.3 is 10.6 Å².